The summed E-state index contributed by atoms with van der Waals surface area (Å²) in [6, 6.07) is 9.71. The number of rotatable bonds is 6. The molecule has 1 amide bonds. The molecule has 170 valence electrons. The van der Waals surface area contributed by atoms with Crippen molar-refractivity contribution in [3.05, 3.63) is 71.7 Å². The van der Waals surface area contributed by atoms with Crippen molar-refractivity contribution >= 4 is 5.91 Å². The second-order valence-electron chi connectivity index (χ2n) is 6.88. The number of H-pyrrole nitrogens is 1. The van der Waals surface area contributed by atoms with Crippen LogP contribution in [-0.2, 0) is 6.18 Å². The van der Waals surface area contributed by atoms with E-state index in [9.17, 15) is 31.1 Å². The minimum Gasteiger partial charge on any atom is -0.483 e. The minimum absolute atomic E-state index is 0.0600. The predicted molar refractivity (Wildman–Crippen MR) is 103 cm³/mol. The number of alkyl halides is 6. The van der Waals surface area contributed by atoms with Gasteiger partial charge >= 0.3 is 12.4 Å². The van der Waals surface area contributed by atoms with Crippen molar-refractivity contribution in [1.82, 2.24) is 15.3 Å². The lowest BCUT2D eigenvalue weighted by molar-refractivity contribution is -0.153. The summed E-state index contributed by atoms with van der Waals surface area (Å²) >= 11 is 0. The fraction of sp³-hybridized carbons (Fsp3) is 0.238. The van der Waals surface area contributed by atoms with Crippen LogP contribution in [0.25, 0.3) is 11.3 Å². The molecule has 0 aliphatic rings. The Morgan fingerprint density at radius 3 is 2.28 bits per heavy atom. The van der Waals surface area contributed by atoms with Crippen LogP contribution in [0.3, 0.4) is 0 Å². The molecular formula is C21H17F6N3O2. The Bertz CT molecular complexity index is 1060. The van der Waals surface area contributed by atoms with Gasteiger partial charge in [0.25, 0.3) is 5.91 Å². The van der Waals surface area contributed by atoms with Gasteiger partial charge in [0.15, 0.2) is 6.61 Å². The number of nitrogens with zero attached hydrogens (tertiary/aromatic N) is 1. The number of nitrogens with one attached hydrogen (secondary N) is 2. The molecule has 1 atom stereocenters. The number of benzene rings is 1. The van der Waals surface area contributed by atoms with Crippen LogP contribution < -0.4 is 10.1 Å². The number of hydrogen-bond donors (Lipinski definition) is 2. The van der Waals surface area contributed by atoms with Gasteiger partial charge in [-0.15, -0.1) is 0 Å². The topological polar surface area (TPSA) is 67.0 Å². The SMILES string of the molecule is C[C@@H](NC(=O)c1ccc(-c2ccc(C(F)(F)F)cc2)[nH]1)c1ccc(OCC(F)(F)F)cn1. The predicted octanol–water partition coefficient (Wildman–Crippen LogP) is 5.53. The molecule has 3 aromatic rings. The quantitative estimate of drug-likeness (QED) is 0.479. The maximum Gasteiger partial charge on any atom is 0.422 e. The summed E-state index contributed by atoms with van der Waals surface area (Å²) in [6.45, 7) is 0.199. The van der Waals surface area contributed by atoms with Crippen molar-refractivity contribution in [1.29, 1.82) is 0 Å². The molecule has 0 fully saturated rings. The van der Waals surface area contributed by atoms with Crippen molar-refractivity contribution in [2.24, 2.45) is 0 Å². The van der Waals surface area contributed by atoms with Crippen LogP contribution in [0.15, 0.2) is 54.7 Å². The summed E-state index contributed by atoms with van der Waals surface area (Å²) < 4.78 is 79.2. The molecule has 0 spiro atoms. The third kappa shape index (κ3) is 6.02. The molecule has 5 nitrogen and oxygen atoms in total. The molecular weight excluding hydrogens is 440 g/mol. The van der Waals surface area contributed by atoms with Gasteiger partial charge in [-0.25, -0.2) is 0 Å². The zero-order chi connectivity index (χ0) is 23.5. The first-order valence-corrected chi connectivity index (χ1v) is 9.25. The average Bonchev–Trinajstić information content (AvgIpc) is 3.22. The van der Waals surface area contributed by atoms with Crippen LogP contribution in [0.2, 0.25) is 0 Å². The van der Waals surface area contributed by atoms with E-state index in [2.05, 4.69) is 20.0 Å². The van der Waals surface area contributed by atoms with Crippen molar-refractivity contribution in [3.8, 4) is 17.0 Å². The molecule has 0 saturated heterocycles. The third-order valence-corrected chi connectivity index (χ3v) is 4.41. The molecule has 0 saturated carbocycles. The lowest BCUT2D eigenvalue weighted by Crippen LogP contribution is -2.27. The second-order valence-corrected chi connectivity index (χ2v) is 6.88. The fourth-order valence-electron chi connectivity index (χ4n) is 2.78. The lowest BCUT2D eigenvalue weighted by atomic mass is 10.1. The first kappa shape index (κ1) is 23.2. The normalized spacial score (nSPS) is 13.0. The number of halogens is 6. The van der Waals surface area contributed by atoms with Gasteiger partial charge < -0.3 is 15.0 Å². The van der Waals surface area contributed by atoms with Crippen LogP contribution in [0, 0.1) is 0 Å². The Balaban J connectivity index is 1.62. The second kappa shape index (κ2) is 8.93. The van der Waals surface area contributed by atoms with E-state index in [-0.39, 0.29) is 11.4 Å². The first-order valence-electron chi connectivity index (χ1n) is 9.25. The highest BCUT2D eigenvalue weighted by atomic mass is 19.4. The number of aromatic amines is 1. The van der Waals surface area contributed by atoms with Crippen LogP contribution in [0.5, 0.6) is 5.75 Å². The Kier molecular flexibility index (Phi) is 6.47. The summed E-state index contributed by atoms with van der Waals surface area (Å²) in [5.74, 6) is -0.551. The van der Waals surface area contributed by atoms with Crippen LogP contribution in [0.1, 0.15) is 34.7 Å². The summed E-state index contributed by atoms with van der Waals surface area (Å²) in [5, 5.41) is 2.68. The molecule has 3 rings (SSSR count). The fourth-order valence-corrected chi connectivity index (χ4v) is 2.78. The van der Waals surface area contributed by atoms with Crippen molar-refractivity contribution in [2.75, 3.05) is 6.61 Å². The Labute approximate surface area is 178 Å². The van der Waals surface area contributed by atoms with Crippen LogP contribution >= 0.6 is 0 Å². The summed E-state index contributed by atoms with van der Waals surface area (Å²) in [5.41, 5.74) is 0.730. The highest BCUT2D eigenvalue weighted by Gasteiger charge is 2.30. The molecule has 0 unspecified atom stereocenters. The number of hydrogen-bond acceptors (Lipinski definition) is 3. The molecule has 0 bridgehead atoms. The van der Waals surface area contributed by atoms with Gasteiger partial charge in [0, 0.05) is 5.69 Å². The van der Waals surface area contributed by atoms with Crippen LogP contribution in [-0.4, -0.2) is 28.7 Å². The number of pyridine rings is 1. The van der Waals surface area contributed by atoms with Gasteiger partial charge in [-0.3, -0.25) is 9.78 Å². The molecule has 0 aliphatic carbocycles. The van der Waals surface area contributed by atoms with E-state index in [1.54, 1.807) is 13.0 Å². The van der Waals surface area contributed by atoms with Gasteiger partial charge in [0.05, 0.1) is 23.5 Å². The van der Waals surface area contributed by atoms with Gasteiger partial charge in [-0.1, -0.05) is 12.1 Å². The number of ether oxygens (including phenoxy) is 1. The number of carbonyl (C=O) groups is 1. The average molecular weight is 457 g/mol. The highest BCUT2D eigenvalue weighted by molar-refractivity contribution is 5.93. The van der Waals surface area contributed by atoms with Gasteiger partial charge in [-0.05, 0) is 48.9 Å². The molecule has 1 aromatic carbocycles. The van der Waals surface area contributed by atoms with Crippen molar-refractivity contribution < 1.29 is 35.9 Å². The van der Waals surface area contributed by atoms with Gasteiger partial charge in [0.2, 0.25) is 0 Å². The number of aromatic nitrogens is 2. The van der Waals surface area contributed by atoms with Gasteiger partial charge in [-0.2, -0.15) is 26.3 Å². The zero-order valence-electron chi connectivity index (χ0n) is 16.5. The third-order valence-electron chi connectivity index (χ3n) is 4.41. The number of carbonyl (C=O) groups excluding carboxylic acids is 1. The highest BCUT2D eigenvalue weighted by Crippen LogP contribution is 2.31. The molecule has 0 radical (unpaired) electrons. The first-order chi connectivity index (χ1) is 14.9. The molecule has 0 aliphatic heterocycles. The lowest BCUT2D eigenvalue weighted by Gasteiger charge is -2.14. The molecule has 2 heterocycles. The summed E-state index contributed by atoms with van der Waals surface area (Å²) in [4.78, 5) is 19.3. The van der Waals surface area contributed by atoms with Crippen LogP contribution in [0.4, 0.5) is 26.3 Å². The molecule has 11 heteroatoms. The van der Waals surface area contributed by atoms with Gasteiger partial charge in [0.1, 0.15) is 11.4 Å². The van der Waals surface area contributed by atoms with E-state index >= 15 is 0 Å². The molecule has 32 heavy (non-hydrogen) atoms. The van der Waals surface area contributed by atoms with E-state index in [1.165, 1.54) is 30.3 Å². The van der Waals surface area contributed by atoms with E-state index in [0.717, 1.165) is 18.3 Å². The Hall–Kier alpha value is -3.50. The number of amides is 1. The zero-order valence-corrected chi connectivity index (χ0v) is 16.5. The van der Waals surface area contributed by atoms with Crippen molar-refractivity contribution in [3.63, 3.8) is 0 Å². The van der Waals surface area contributed by atoms with E-state index in [0.29, 0.717) is 17.0 Å². The summed E-state index contributed by atoms with van der Waals surface area (Å²) in [6.07, 6.45) is -7.78. The molecule has 2 N–H and O–H groups in total. The maximum atomic E-state index is 12.7. The van der Waals surface area contributed by atoms with E-state index in [4.69, 9.17) is 0 Å². The Morgan fingerprint density at radius 1 is 1.03 bits per heavy atom. The van der Waals surface area contributed by atoms with E-state index < -0.39 is 36.5 Å². The van der Waals surface area contributed by atoms with Crippen molar-refractivity contribution in [2.45, 2.75) is 25.3 Å². The smallest absolute Gasteiger partial charge is 0.422 e. The standard InChI is InChI=1S/C21H17F6N3O2/c1-12(16-7-6-15(10-28-16)32-11-20(22,23)24)29-19(31)18-9-8-17(30-18)13-2-4-14(5-3-13)21(25,26)27/h2-10,12,30H,11H2,1H3,(H,29,31)/t12-/m1/s1. The monoisotopic (exact) mass is 457 g/mol. The largest absolute Gasteiger partial charge is 0.483 e. The maximum absolute atomic E-state index is 12.7. The minimum atomic E-state index is -4.46. The Morgan fingerprint density at radius 2 is 1.72 bits per heavy atom. The van der Waals surface area contributed by atoms with E-state index in [1.807, 2.05) is 0 Å². The molecule has 2 aromatic heterocycles. The summed E-state index contributed by atoms with van der Waals surface area (Å²) in [7, 11) is 0.